The number of nitrogens with one attached hydrogen (secondary N) is 2. The SMILES string of the molecule is CC12C=NC(=N1)CC1(C)C=NC(=CC3(C)C=NC(=N3)CC3(C)C=NC(=C2)N3)N1. The molecule has 0 saturated carbocycles. The Balaban J connectivity index is 1.56. The zero-order valence-electron chi connectivity index (χ0n) is 16.6. The molecule has 5 aliphatic rings. The highest BCUT2D eigenvalue weighted by Crippen LogP contribution is 2.29. The molecule has 144 valence electrons. The van der Waals surface area contributed by atoms with E-state index in [1.165, 1.54) is 0 Å². The van der Waals surface area contributed by atoms with Crippen LogP contribution in [0.25, 0.3) is 0 Å². The molecular formula is C20H24N8. The van der Waals surface area contributed by atoms with Gasteiger partial charge in [-0.2, -0.15) is 0 Å². The maximum Gasteiger partial charge on any atom is 0.127 e. The standard InChI is InChI=1S/C20H24N8/c1-17-5-13-22-10-19(3,26-13)7-15-24-12-20(4,28-15)8-16-23-11-18(2,27-16)6-14(25-17)21-9-17/h5,8-12,26-27H,6-7H2,1-4H3. The summed E-state index contributed by atoms with van der Waals surface area (Å²) in [5.41, 5.74) is -1.69. The second-order valence-electron chi connectivity index (χ2n) is 9.04. The van der Waals surface area contributed by atoms with E-state index in [0.29, 0.717) is 12.8 Å². The highest BCUT2D eigenvalue weighted by atomic mass is 15.2. The molecule has 4 atom stereocenters. The van der Waals surface area contributed by atoms with E-state index in [1.807, 2.05) is 50.9 Å². The summed E-state index contributed by atoms with van der Waals surface area (Å²) in [6.07, 6.45) is 13.0. The fourth-order valence-corrected chi connectivity index (χ4v) is 4.07. The van der Waals surface area contributed by atoms with Crippen molar-refractivity contribution in [2.75, 3.05) is 0 Å². The minimum absolute atomic E-state index is 0.335. The van der Waals surface area contributed by atoms with Crippen LogP contribution in [-0.2, 0) is 0 Å². The van der Waals surface area contributed by atoms with Crippen LogP contribution in [0.5, 0.6) is 0 Å². The summed E-state index contributed by atoms with van der Waals surface area (Å²) in [7, 11) is 0. The number of nitrogens with zero attached hydrogens (tertiary/aromatic N) is 6. The third kappa shape index (κ3) is 3.02. The van der Waals surface area contributed by atoms with Crippen LogP contribution in [0.4, 0.5) is 0 Å². The molecule has 0 saturated heterocycles. The van der Waals surface area contributed by atoms with Crippen LogP contribution in [-0.4, -0.2) is 58.7 Å². The number of amidine groups is 2. The van der Waals surface area contributed by atoms with Crippen molar-refractivity contribution in [1.82, 2.24) is 10.6 Å². The monoisotopic (exact) mass is 376 g/mol. The van der Waals surface area contributed by atoms with Crippen LogP contribution >= 0.6 is 0 Å². The van der Waals surface area contributed by atoms with Crippen LogP contribution in [0, 0.1) is 0 Å². The molecule has 5 rings (SSSR count). The Hall–Kier alpha value is -2.90. The van der Waals surface area contributed by atoms with Crippen molar-refractivity contribution in [3.63, 3.8) is 0 Å². The lowest BCUT2D eigenvalue weighted by molar-refractivity contribution is 0.557. The molecule has 0 radical (unpaired) electrons. The van der Waals surface area contributed by atoms with E-state index in [2.05, 4.69) is 44.5 Å². The van der Waals surface area contributed by atoms with Gasteiger partial charge in [0.25, 0.3) is 0 Å². The van der Waals surface area contributed by atoms with Gasteiger partial charge in [0.1, 0.15) is 34.4 Å². The summed E-state index contributed by atoms with van der Waals surface area (Å²) in [6.45, 7) is 8.27. The van der Waals surface area contributed by atoms with E-state index in [-0.39, 0.29) is 11.1 Å². The molecule has 0 aromatic heterocycles. The average Bonchev–Trinajstić information content (AvgIpc) is 3.31. The first-order valence-corrected chi connectivity index (χ1v) is 9.55. The van der Waals surface area contributed by atoms with Crippen molar-refractivity contribution in [3.8, 4) is 0 Å². The number of aliphatic imine (C=N–C) groups is 6. The molecule has 0 amide bonds. The Morgan fingerprint density at radius 2 is 1.07 bits per heavy atom. The maximum atomic E-state index is 4.84. The zero-order valence-corrected chi connectivity index (χ0v) is 16.6. The molecule has 0 aromatic rings. The summed E-state index contributed by atoms with van der Waals surface area (Å²) in [6, 6.07) is 0. The van der Waals surface area contributed by atoms with Gasteiger partial charge in [-0.25, -0.2) is 20.0 Å². The van der Waals surface area contributed by atoms with Crippen molar-refractivity contribution in [2.24, 2.45) is 30.0 Å². The third-order valence-corrected chi connectivity index (χ3v) is 5.40. The highest BCUT2D eigenvalue weighted by molar-refractivity contribution is 6.02. The predicted molar refractivity (Wildman–Crippen MR) is 114 cm³/mol. The number of hydrogen-bond acceptors (Lipinski definition) is 8. The van der Waals surface area contributed by atoms with E-state index >= 15 is 0 Å². The van der Waals surface area contributed by atoms with Gasteiger partial charge in [-0.15, -0.1) is 0 Å². The molecule has 8 bridgehead atoms. The zero-order chi connectivity index (χ0) is 19.6. The molecule has 4 unspecified atom stereocenters. The quantitative estimate of drug-likeness (QED) is 0.674. The Bertz CT molecular complexity index is 916. The number of rotatable bonds is 0. The molecule has 8 nitrogen and oxygen atoms in total. The molecule has 2 N–H and O–H groups in total. The van der Waals surface area contributed by atoms with Crippen molar-refractivity contribution in [2.45, 2.75) is 62.7 Å². The van der Waals surface area contributed by atoms with Gasteiger partial charge < -0.3 is 10.6 Å². The van der Waals surface area contributed by atoms with E-state index in [0.717, 1.165) is 23.3 Å². The first-order chi connectivity index (χ1) is 13.1. The Kier molecular flexibility index (Phi) is 3.28. The maximum absolute atomic E-state index is 4.84. The lowest BCUT2D eigenvalue weighted by Crippen LogP contribution is -2.41. The second kappa shape index (κ2) is 5.33. The van der Waals surface area contributed by atoms with Gasteiger partial charge in [-0.1, -0.05) is 0 Å². The first kappa shape index (κ1) is 17.2. The molecule has 5 aliphatic heterocycles. The minimum Gasteiger partial charge on any atom is -0.360 e. The van der Waals surface area contributed by atoms with Crippen molar-refractivity contribution in [3.05, 3.63) is 23.8 Å². The Morgan fingerprint density at radius 1 is 0.643 bits per heavy atom. The Morgan fingerprint density at radius 3 is 1.50 bits per heavy atom. The molecule has 0 fully saturated rings. The van der Waals surface area contributed by atoms with Crippen molar-refractivity contribution >= 4 is 36.5 Å². The average molecular weight is 376 g/mol. The molecule has 28 heavy (non-hydrogen) atoms. The van der Waals surface area contributed by atoms with E-state index < -0.39 is 11.1 Å². The third-order valence-electron chi connectivity index (χ3n) is 5.40. The van der Waals surface area contributed by atoms with E-state index in [4.69, 9.17) is 9.98 Å². The van der Waals surface area contributed by atoms with E-state index in [9.17, 15) is 0 Å². The van der Waals surface area contributed by atoms with Gasteiger partial charge in [0.05, 0.1) is 11.1 Å². The molecule has 0 spiro atoms. The lowest BCUT2D eigenvalue weighted by atomic mass is 9.98. The van der Waals surface area contributed by atoms with E-state index in [1.54, 1.807) is 0 Å². The summed E-state index contributed by atoms with van der Waals surface area (Å²) in [4.78, 5) is 28.0. The van der Waals surface area contributed by atoms with Gasteiger partial charge in [0.2, 0.25) is 0 Å². The van der Waals surface area contributed by atoms with Crippen LogP contribution in [0.3, 0.4) is 0 Å². The fourth-order valence-electron chi connectivity index (χ4n) is 4.07. The molecular weight excluding hydrogens is 352 g/mol. The molecule has 0 aliphatic carbocycles. The highest BCUT2D eigenvalue weighted by Gasteiger charge is 2.37. The van der Waals surface area contributed by atoms with Gasteiger partial charge >= 0.3 is 0 Å². The molecule has 0 aromatic carbocycles. The second-order valence-corrected chi connectivity index (χ2v) is 9.04. The summed E-state index contributed by atoms with van der Waals surface area (Å²) < 4.78 is 0. The van der Waals surface area contributed by atoms with Gasteiger partial charge in [-0.3, -0.25) is 9.98 Å². The normalized spacial score (nSPS) is 42.7. The fraction of sp³-hybridized carbons (Fsp3) is 0.500. The van der Waals surface area contributed by atoms with Crippen molar-refractivity contribution < 1.29 is 0 Å². The minimum atomic E-state index is -0.510. The molecule has 5 heterocycles. The summed E-state index contributed by atoms with van der Waals surface area (Å²) >= 11 is 0. The number of hydrogen-bond donors (Lipinski definition) is 2. The smallest absolute Gasteiger partial charge is 0.127 e. The van der Waals surface area contributed by atoms with Gasteiger partial charge in [0, 0.05) is 37.7 Å². The first-order valence-electron chi connectivity index (χ1n) is 9.55. The predicted octanol–water partition coefficient (Wildman–Crippen LogP) is 1.81. The topological polar surface area (TPSA) is 98.2 Å². The van der Waals surface area contributed by atoms with Gasteiger partial charge in [0.15, 0.2) is 0 Å². The van der Waals surface area contributed by atoms with Crippen LogP contribution in [0.2, 0.25) is 0 Å². The summed E-state index contributed by atoms with van der Waals surface area (Å²) in [5, 5.41) is 6.98. The van der Waals surface area contributed by atoms with Gasteiger partial charge in [-0.05, 0) is 39.8 Å². The van der Waals surface area contributed by atoms with Crippen LogP contribution in [0.1, 0.15) is 40.5 Å². The molecule has 8 heteroatoms. The summed E-state index contributed by atoms with van der Waals surface area (Å²) in [5.74, 6) is 3.20. The lowest BCUT2D eigenvalue weighted by Gasteiger charge is -2.24. The van der Waals surface area contributed by atoms with Crippen LogP contribution in [0.15, 0.2) is 53.7 Å². The Labute approximate surface area is 164 Å². The van der Waals surface area contributed by atoms with Crippen LogP contribution < -0.4 is 10.6 Å². The number of fused-ring (bicyclic) bond motifs is 6. The largest absolute Gasteiger partial charge is 0.360 e. The van der Waals surface area contributed by atoms with Crippen molar-refractivity contribution in [1.29, 1.82) is 0 Å².